The number of benzene rings is 1. The van der Waals surface area contributed by atoms with Gasteiger partial charge in [-0.1, -0.05) is 47.3 Å². The zero-order chi connectivity index (χ0) is 19.6. The molecule has 28 heavy (non-hydrogen) atoms. The van der Waals surface area contributed by atoms with Gasteiger partial charge in [-0.2, -0.15) is 0 Å². The monoisotopic (exact) mass is 375 g/mol. The Morgan fingerprint density at radius 3 is 2.57 bits per heavy atom. The minimum atomic E-state index is -0.922. The van der Waals surface area contributed by atoms with Crippen molar-refractivity contribution in [3.8, 4) is 5.69 Å². The van der Waals surface area contributed by atoms with Crippen molar-refractivity contribution in [2.45, 2.75) is 24.3 Å². The molecule has 3 aromatic rings. The average molecular weight is 375 g/mol. The summed E-state index contributed by atoms with van der Waals surface area (Å²) in [5, 5.41) is 18.3. The quantitative estimate of drug-likeness (QED) is 0.421. The first-order chi connectivity index (χ1) is 13.5. The SMILES string of the molecule is C=C(C)[C@]1(n2[nH]c(=O)n(-c3ccccc3)c2=O)[C@@H]2C=C[C@H]1c1cn[n+]([O-])cc12. The molecule has 5 rings (SSSR count). The van der Waals surface area contributed by atoms with Crippen LogP contribution in [0.5, 0.6) is 0 Å². The maximum Gasteiger partial charge on any atom is 0.352 e. The van der Waals surface area contributed by atoms with E-state index in [0.717, 1.165) is 15.7 Å². The number of hydrogen-bond acceptors (Lipinski definition) is 4. The number of para-hydroxylation sites is 1. The molecule has 0 aliphatic heterocycles. The van der Waals surface area contributed by atoms with Crippen molar-refractivity contribution < 1.29 is 4.85 Å². The van der Waals surface area contributed by atoms with Gasteiger partial charge in [0.05, 0.1) is 5.69 Å². The van der Waals surface area contributed by atoms with Crippen LogP contribution in [-0.2, 0) is 5.54 Å². The summed E-state index contributed by atoms with van der Waals surface area (Å²) in [6.45, 7) is 5.98. The van der Waals surface area contributed by atoms with Crippen molar-refractivity contribution in [2.24, 2.45) is 0 Å². The maximum absolute atomic E-state index is 13.4. The molecule has 2 bridgehead atoms. The average Bonchev–Trinajstić information content (AvgIpc) is 3.29. The number of nitrogens with one attached hydrogen (secondary N) is 1. The molecule has 3 atom stereocenters. The number of H-pyrrole nitrogens is 1. The number of aromatic nitrogens is 5. The van der Waals surface area contributed by atoms with E-state index in [1.807, 2.05) is 25.1 Å². The van der Waals surface area contributed by atoms with Crippen LogP contribution < -0.4 is 16.2 Å². The van der Waals surface area contributed by atoms with Gasteiger partial charge in [0, 0.05) is 22.5 Å². The van der Waals surface area contributed by atoms with Gasteiger partial charge in [0.2, 0.25) is 6.20 Å². The third-order valence-electron chi connectivity index (χ3n) is 5.87. The topological polar surface area (TPSA) is 99.6 Å². The molecule has 140 valence electrons. The third kappa shape index (κ3) is 1.84. The van der Waals surface area contributed by atoms with Gasteiger partial charge in [-0.05, 0) is 24.6 Å². The second kappa shape index (κ2) is 5.41. The summed E-state index contributed by atoms with van der Waals surface area (Å²) >= 11 is 0. The van der Waals surface area contributed by atoms with Crippen LogP contribution in [0, 0.1) is 5.21 Å². The Labute approximate surface area is 159 Å². The van der Waals surface area contributed by atoms with Crippen LogP contribution in [0.1, 0.15) is 29.9 Å². The van der Waals surface area contributed by atoms with Crippen LogP contribution in [-0.4, -0.2) is 19.4 Å². The standard InChI is InChI=1S/C20H17N5O3/c1-12(2)20(16-8-9-17(20)15-11-23(28)21-10-14(15)16)25-19(27)24(18(26)22-25)13-6-4-3-5-7-13/h3-11,16-17H,1H2,2H3,(H,22,26)/t16-,17+,20+/m0/s1. The molecule has 0 saturated heterocycles. The number of allylic oxidation sites excluding steroid dienone is 3. The van der Waals surface area contributed by atoms with E-state index in [1.54, 1.807) is 24.3 Å². The molecule has 1 aromatic carbocycles. The highest BCUT2D eigenvalue weighted by molar-refractivity contribution is 5.55. The van der Waals surface area contributed by atoms with Gasteiger partial charge in [-0.3, -0.25) is 0 Å². The molecule has 0 fully saturated rings. The second-order valence-electron chi connectivity index (χ2n) is 7.24. The molecule has 2 aliphatic rings. The Kier molecular flexibility index (Phi) is 3.19. The molecule has 8 heteroatoms. The Morgan fingerprint density at radius 2 is 1.89 bits per heavy atom. The lowest BCUT2D eigenvalue weighted by molar-refractivity contribution is -0.669. The van der Waals surface area contributed by atoms with E-state index >= 15 is 0 Å². The van der Waals surface area contributed by atoms with Crippen LogP contribution in [0.25, 0.3) is 5.69 Å². The lowest BCUT2D eigenvalue weighted by atomic mass is 9.78. The predicted molar refractivity (Wildman–Crippen MR) is 101 cm³/mol. The number of fused-ring (bicyclic) bond motifs is 5. The van der Waals surface area contributed by atoms with E-state index in [4.69, 9.17) is 0 Å². The first-order valence-electron chi connectivity index (χ1n) is 8.90. The van der Waals surface area contributed by atoms with E-state index < -0.39 is 16.9 Å². The molecule has 0 unspecified atom stereocenters. The highest BCUT2D eigenvalue weighted by atomic mass is 16.5. The van der Waals surface area contributed by atoms with Gasteiger partial charge in [-0.25, -0.2) is 23.9 Å². The number of aromatic amines is 1. The van der Waals surface area contributed by atoms with Crippen molar-refractivity contribution in [3.63, 3.8) is 0 Å². The van der Waals surface area contributed by atoms with Gasteiger partial charge in [0.25, 0.3) is 0 Å². The van der Waals surface area contributed by atoms with Gasteiger partial charge >= 0.3 is 11.4 Å². The van der Waals surface area contributed by atoms with Crippen LogP contribution in [0.2, 0.25) is 0 Å². The molecule has 0 saturated carbocycles. The molecule has 2 aromatic heterocycles. The Morgan fingerprint density at radius 1 is 1.21 bits per heavy atom. The fraction of sp³-hybridized carbons (Fsp3) is 0.200. The number of rotatable bonds is 3. The predicted octanol–water partition coefficient (Wildman–Crippen LogP) is 1.08. The fourth-order valence-corrected chi connectivity index (χ4v) is 4.77. The molecule has 2 heterocycles. The molecule has 0 spiro atoms. The lowest BCUT2D eigenvalue weighted by Gasteiger charge is -2.35. The van der Waals surface area contributed by atoms with E-state index in [1.165, 1.54) is 17.1 Å². The third-order valence-corrected chi connectivity index (χ3v) is 5.87. The summed E-state index contributed by atoms with van der Waals surface area (Å²) in [6.07, 6.45) is 6.92. The Bertz CT molecular complexity index is 1270. The van der Waals surface area contributed by atoms with Gasteiger partial charge in [0.15, 0.2) is 0 Å². The minimum absolute atomic E-state index is 0.251. The van der Waals surface area contributed by atoms with Crippen molar-refractivity contribution in [1.29, 1.82) is 0 Å². The summed E-state index contributed by atoms with van der Waals surface area (Å²) in [6, 6.07) is 8.76. The first kappa shape index (κ1) is 16.5. The van der Waals surface area contributed by atoms with E-state index in [9.17, 15) is 14.8 Å². The van der Waals surface area contributed by atoms with E-state index in [2.05, 4.69) is 16.8 Å². The molecule has 2 aliphatic carbocycles. The summed E-state index contributed by atoms with van der Waals surface area (Å²) in [4.78, 5) is 26.6. The van der Waals surface area contributed by atoms with E-state index in [-0.39, 0.29) is 11.8 Å². The van der Waals surface area contributed by atoms with Crippen LogP contribution in [0.3, 0.4) is 0 Å². The molecule has 1 N–H and O–H groups in total. The molecular weight excluding hydrogens is 358 g/mol. The first-order valence-corrected chi connectivity index (χ1v) is 8.90. The van der Waals surface area contributed by atoms with E-state index in [0.29, 0.717) is 16.1 Å². The van der Waals surface area contributed by atoms with Crippen molar-refractivity contribution in [2.75, 3.05) is 0 Å². The largest absolute Gasteiger partial charge is 0.594 e. The minimum Gasteiger partial charge on any atom is -0.594 e. The lowest BCUT2D eigenvalue weighted by Crippen LogP contribution is -2.46. The van der Waals surface area contributed by atoms with Crippen LogP contribution in [0.15, 0.2) is 76.6 Å². The number of nitrogens with zero attached hydrogens (tertiary/aromatic N) is 4. The summed E-state index contributed by atoms with van der Waals surface area (Å²) in [7, 11) is 0. The van der Waals surface area contributed by atoms with Crippen molar-refractivity contribution in [3.05, 3.63) is 104 Å². The van der Waals surface area contributed by atoms with Crippen molar-refractivity contribution >= 4 is 0 Å². The zero-order valence-corrected chi connectivity index (χ0v) is 15.1. The maximum atomic E-state index is 13.4. The number of hydrogen-bond donors (Lipinski definition) is 1. The highest BCUT2D eigenvalue weighted by Crippen LogP contribution is 2.61. The van der Waals surface area contributed by atoms with Gasteiger partial charge < -0.3 is 5.21 Å². The fourth-order valence-electron chi connectivity index (χ4n) is 4.77. The van der Waals surface area contributed by atoms with Crippen molar-refractivity contribution in [1.82, 2.24) is 19.4 Å². The second-order valence-corrected chi connectivity index (χ2v) is 7.24. The molecule has 8 nitrogen and oxygen atoms in total. The van der Waals surface area contributed by atoms with Gasteiger partial charge in [-0.15, -0.1) is 0 Å². The molecule has 0 radical (unpaired) electrons. The highest BCUT2D eigenvalue weighted by Gasteiger charge is 2.59. The summed E-state index contributed by atoms with van der Waals surface area (Å²) in [5.74, 6) is -0.549. The summed E-state index contributed by atoms with van der Waals surface area (Å²) < 4.78 is 2.48. The smallest absolute Gasteiger partial charge is 0.352 e. The van der Waals surface area contributed by atoms with Gasteiger partial charge in [0.1, 0.15) is 11.7 Å². The molecule has 0 amide bonds. The Hall–Kier alpha value is -3.68. The van der Waals surface area contributed by atoms with Crippen LogP contribution >= 0.6 is 0 Å². The van der Waals surface area contributed by atoms with Crippen LogP contribution in [0.4, 0.5) is 0 Å². The zero-order valence-electron chi connectivity index (χ0n) is 15.1. The Balaban J connectivity index is 1.79. The summed E-state index contributed by atoms with van der Waals surface area (Å²) in [5.41, 5.74) is 0.930. The normalized spacial score (nSPS) is 24.5. The molecular formula is C20H17N5O3.